The minimum absolute atomic E-state index is 0.00159. The molecule has 1 fully saturated rings. The topological polar surface area (TPSA) is 40.5 Å². The number of hydrogen-bond acceptors (Lipinski definition) is 2. The quantitative estimate of drug-likeness (QED) is 0.931. The van der Waals surface area contributed by atoms with E-state index in [1.807, 2.05) is 19.1 Å². The molecule has 2 rings (SSSR count). The average molecular weight is 298 g/mol. The molecule has 17 heavy (non-hydrogen) atoms. The van der Waals surface area contributed by atoms with E-state index < -0.39 is 5.60 Å². The Morgan fingerprint density at radius 1 is 1.41 bits per heavy atom. The fourth-order valence-electron chi connectivity index (χ4n) is 2.21. The third kappa shape index (κ3) is 2.69. The number of rotatable bonds is 3. The highest BCUT2D eigenvalue weighted by Crippen LogP contribution is 2.27. The van der Waals surface area contributed by atoms with Crippen molar-refractivity contribution in [1.82, 2.24) is 4.90 Å². The second-order valence-electron chi connectivity index (χ2n) is 4.64. The first-order chi connectivity index (χ1) is 8.04. The molecule has 0 saturated carbocycles. The third-order valence-electron chi connectivity index (χ3n) is 3.06. The summed E-state index contributed by atoms with van der Waals surface area (Å²) < 4.78 is 0.958. The van der Waals surface area contributed by atoms with Gasteiger partial charge in [-0.2, -0.15) is 0 Å². The van der Waals surface area contributed by atoms with Crippen molar-refractivity contribution < 1.29 is 9.90 Å². The van der Waals surface area contributed by atoms with Crippen molar-refractivity contribution in [1.29, 1.82) is 0 Å². The van der Waals surface area contributed by atoms with Crippen molar-refractivity contribution in [3.8, 4) is 0 Å². The summed E-state index contributed by atoms with van der Waals surface area (Å²) in [5.41, 5.74) is 0.0199. The van der Waals surface area contributed by atoms with Gasteiger partial charge in [0.05, 0.1) is 18.7 Å². The van der Waals surface area contributed by atoms with Gasteiger partial charge in [0.2, 0.25) is 0 Å². The highest BCUT2D eigenvalue weighted by Gasteiger charge is 2.42. The number of aliphatic hydroxyl groups is 1. The van der Waals surface area contributed by atoms with Crippen molar-refractivity contribution in [2.45, 2.75) is 25.4 Å². The first kappa shape index (κ1) is 12.6. The van der Waals surface area contributed by atoms with E-state index in [1.165, 1.54) is 0 Å². The molecule has 0 unspecified atom stereocenters. The number of likely N-dealkylation sites (tertiary alicyclic amines) is 1. The molecule has 1 N–H and O–H groups in total. The van der Waals surface area contributed by atoms with Crippen LogP contribution in [-0.2, 0) is 0 Å². The van der Waals surface area contributed by atoms with Crippen LogP contribution in [0.5, 0.6) is 0 Å². The zero-order valence-corrected chi connectivity index (χ0v) is 11.4. The predicted molar refractivity (Wildman–Crippen MR) is 69.9 cm³/mol. The van der Waals surface area contributed by atoms with E-state index in [0.717, 1.165) is 17.3 Å². The molecule has 1 aliphatic rings. The minimum atomic E-state index is -0.653. The summed E-state index contributed by atoms with van der Waals surface area (Å²) >= 11 is 3.34. The van der Waals surface area contributed by atoms with Crippen molar-refractivity contribution in [2.24, 2.45) is 0 Å². The van der Waals surface area contributed by atoms with Crippen LogP contribution in [0.4, 0.5) is 0 Å². The van der Waals surface area contributed by atoms with Gasteiger partial charge in [-0.05, 0) is 30.7 Å². The molecule has 1 aromatic carbocycles. The van der Waals surface area contributed by atoms with Gasteiger partial charge in [-0.15, -0.1) is 0 Å². The number of halogens is 1. The number of nitrogens with zero attached hydrogens (tertiary/aromatic N) is 1. The van der Waals surface area contributed by atoms with E-state index in [0.29, 0.717) is 18.7 Å². The molecule has 1 saturated heterocycles. The molecule has 0 aliphatic carbocycles. The van der Waals surface area contributed by atoms with Gasteiger partial charge in [-0.25, -0.2) is 0 Å². The third-order valence-corrected chi connectivity index (χ3v) is 3.59. The van der Waals surface area contributed by atoms with Crippen molar-refractivity contribution in [3.63, 3.8) is 0 Å². The second kappa shape index (κ2) is 4.78. The zero-order valence-electron chi connectivity index (χ0n) is 9.82. The molecule has 0 aromatic heterocycles. The maximum atomic E-state index is 12.0. The molecular weight excluding hydrogens is 282 g/mol. The monoisotopic (exact) mass is 297 g/mol. The van der Waals surface area contributed by atoms with Crippen LogP contribution in [0.3, 0.4) is 0 Å². The molecule has 4 heteroatoms. The Bertz CT molecular complexity index is 410. The number of hydrogen-bond donors (Lipinski definition) is 1. The predicted octanol–water partition coefficient (Wildman–Crippen LogP) is 2.44. The second-order valence-corrected chi connectivity index (χ2v) is 5.56. The number of carbonyl (C=O) groups excluding carboxylic acids is 1. The molecule has 0 atom stereocenters. The Labute approximate surface area is 110 Å². The standard InChI is InChI=1S/C13H16BrNO2/c1-2-7-13(17)8-15(9-13)12(16)10-3-5-11(14)6-4-10/h3-6,17H,2,7-9H2,1H3. The summed E-state index contributed by atoms with van der Waals surface area (Å²) in [6, 6.07) is 7.30. The van der Waals surface area contributed by atoms with Crippen LogP contribution in [0.2, 0.25) is 0 Å². The van der Waals surface area contributed by atoms with Gasteiger partial charge in [-0.3, -0.25) is 4.79 Å². The van der Waals surface area contributed by atoms with Crippen LogP contribution < -0.4 is 0 Å². The van der Waals surface area contributed by atoms with Crippen LogP contribution in [0.25, 0.3) is 0 Å². The summed E-state index contributed by atoms with van der Waals surface area (Å²) in [4.78, 5) is 13.7. The van der Waals surface area contributed by atoms with E-state index in [9.17, 15) is 9.90 Å². The SMILES string of the molecule is CCCC1(O)CN(C(=O)c2ccc(Br)cc2)C1. The van der Waals surface area contributed by atoms with E-state index in [2.05, 4.69) is 15.9 Å². The van der Waals surface area contributed by atoms with Crippen LogP contribution in [-0.4, -0.2) is 34.6 Å². The molecule has 0 bridgehead atoms. The molecule has 1 aliphatic heterocycles. The highest BCUT2D eigenvalue weighted by atomic mass is 79.9. The van der Waals surface area contributed by atoms with Crippen LogP contribution >= 0.6 is 15.9 Å². The van der Waals surface area contributed by atoms with Crippen LogP contribution in [0.15, 0.2) is 28.7 Å². The Morgan fingerprint density at radius 3 is 2.53 bits per heavy atom. The Kier molecular flexibility index (Phi) is 3.54. The summed E-state index contributed by atoms with van der Waals surface area (Å²) in [5, 5.41) is 10.0. The van der Waals surface area contributed by atoms with Gasteiger partial charge < -0.3 is 10.0 Å². The lowest BCUT2D eigenvalue weighted by Crippen LogP contribution is -2.63. The summed E-state index contributed by atoms with van der Waals surface area (Å²) in [6.45, 7) is 2.95. The molecule has 0 radical (unpaired) electrons. The molecule has 1 aromatic rings. The largest absolute Gasteiger partial charge is 0.386 e. The highest BCUT2D eigenvalue weighted by molar-refractivity contribution is 9.10. The van der Waals surface area contributed by atoms with Crippen molar-refractivity contribution >= 4 is 21.8 Å². The minimum Gasteiger partial charge on any atom is -0.386 e. The van der Waals surface area contributed by atoms with Crippen LogP contribution in [0.1, 0.15) is 30.1 Å². The smallest absolute Gasteiger partial charge is 0.254 e. The maximum absolute atomic E-state index is 12.0. The fourth-order valence-corrected chi connectivity index (χ4v) is 2.47. The van der Waals surface area contributed by atoms with Gasteiger partial charge >= 0.3 is 0 Å². The lowest BCUT2D eigenvalue weighted by Gasteiger charge is -2.46. The maximum Gasteiger partial charge on any atom is 0.254 e. The number of β-amino-alcohol motifs (C(OH)–C–C–N with tert-alkyl or cyclic N) is 1. The van der Waals surface area contributed by atoms with E-state index in [4.69, 9.17) is 0 Å². The van der Waals surface area contributed by atoms with E-state index in [-0.39, 0.29) is 5.91 Å². The average Bonchev–Trinajstić information content (AvgIpc) is 2.26. The first-order valence-electron chi connectivity index (χ1n) is 5.81. The lowest BCUT2D eigenvalue weighted by atomic mass is 9.89. The van der Waals surface area contributed by atoms with Gasteiger partial charge in [0.25, 0.3) is 5.91 Å². The first-order valence-corrected chi connectivity index (χ1v) is 6.60. The van der Waals surface area contributed by atoms with Crippen molar-refractivity contribution in [3.05, 3.63) is 34.3 Å². The summed E-state index contributed by atoms with van der Waals surface area (Å²) in [6.07, 6.45) is 1.70. The fraction of sp³-hybridized carbons (Fsp3) is 0.462. The summed E-state index contributed by atoms with van der Waals surface area (Å²) in [7, 11) is 0. The number of carbonyl (C=O) groups is 1. The molecule has 1 amide bonds. The Balaban J connectivity index is 1.97. The molecule has 92 valence electrons. The van der Waals surface area contributed by atoms with Crippen LogP contribution in [0, 0.1) is 0 Å². The zero-order chi connectivity index (χ0) is 12.5. The number of amides is 1. The van der Waals surface area contributed by atoms with Gasteiger partial charge in [0, 0.05) is 10.0 Å². The molecule has 0 spiro atoms. The molecular formula is C13H16BrNO2. The molecule has 3 nitrogen and oxygen atoms in total. The molecule has 1 heterocycles. The summed E-state index contributed by atoms with van der Waals surface area (Å²) in [5.74, 6) is -0.00159. The normalized spacial score (nSPS) is 17.7. The Hall–Kier alpha value is -0.870. The van der Waals surface area contributed by atoms with Gasteiger partial charge in [0.1, 0.15) is 0 Å². The van der Waals surface area contributed by atoms with Gasteiger partial charge in [-0.1, -0.05) is 29.3 Å². The lowest BCUT2D eigenvalue weighted by molar-refractivity contribution is -0.0860. The number of benzene rings is 1. The Morgan fingerprint density at radius 2 is 2.00 bits per heavy atom. The van der Waals surface area contributed by atoms with Gasteiger partial charge in [0.15, 0.2) is 0 Å². The van der Waals surface area contributed by atoms with E-state index in [1.54, 1.807) is 17.0 Å². The van der Waals surface area contributed by atoms with Crippen molar-refractivity contribution in [2.75, 3.05) is 13.1 Å². The van der Waals surface area contributed by atoms with E-state index >= 15 is 0 Å².